The van der Waals surface area contributed by atoms with E-state index in [0.717, 1.165) is 35.7 Å². The number of anilines is 1. The number of rotatable bonds is 5. The molecule has 0 aliphatic heterocycles. The number of hydrogen-bond acceptors (Lipinski definition) is 4. The van der Waals surface area contributed by atoms with Crippen LogP contribution in [0, 0.1) is 0 Å². The van der Waals surface area contributed by atoms with Gasteiger partial charge in [0.2, 0.25) is 0 Å². The van der Waals surface area contributed by atoms with Crippen LogP contribution in [-0.4, -0.2) is 20.7 Å². The van der Waals surface area contributed by atoms with Crippen molar-refractivity contribution in [2.24, 2.45) is 7.05 Å². The van der Waals surface area contributed by atoms with Crippen LogP contribution in [0.1, 0.15) is 29.1 Å². The van der Waals surface area contributed by atoms with Crippen molar-refractivity contribution in [3.8, 4) is 0 Å². The first-order valence-electron chi connectivity index (χ1n) is 8.36. The average Bonchev–Trinajstić information content (AvgIpc) is 3.35. The van der Waals surface area contributed by atoms with Crippen molar-refractivity contribution in [2.75, 3.05) is 5.32 Å². The summed E-state index contributed by atoms with van der Waals surface area (Å²) < 4.78 is 7.40. The van der Waals surface area contributed by atoms with Gasteiger partial charge in [-0.15, -0.1) is 11.3 Å². The molecule has 7 heteroatoms. The number of nitrogens with zero attached hydrogens (tertiary/aromatic N) is 3. The fourth-order valence-corrected chi connectivity index (χ4v) is 3.94. The zero-order valence-electron chi connectivity index (χ0n) is 14.1. The number of amides is 2. The quantitative estimate of drug-likeness (QED) is 0.756. The molecule has 1 aliphatic rings. The predicted molar refractivity (Wildman–Crippen MR) is 96.5 cm³/mol. The molecule has 4 rings (SSSR count). The fourth-order valence-electron chi connectivity index (χ4n) is 3.33. The first kappa shape index (κ1) is 16.0. The Morgan fingerprint density at radius 2 is 2.28 bits per heavy atom. The summed E-state index contributed by atoms with van der Waals surface area (Å²) in [7, 11) is 1.98. The van der Waals surface area contributed by atoms with Crippen LogP contribution < -0.4 is 5.32 Å². The largest absolute Gasteiger partial charge is 0.467 e. The van der Waals surface area contributed by atoms with Gasteiger partial charge in [-0.2, -0.15) is 5.10 Å². The number of carbonyl (C=O) groups excluding carboxylic acids is 1. The van der Waals surface area contributed by atoms with Gasteiger partial charge in [0.05, 0.1) is 30.0 Å². The van der Waals surface area contributed by atoms with Crippen molar-refractivity contribution in [2.45, 2.75) is 32.4 Å². The number of hydrogen-bond donors (Lipinski definition) is 1. The molecule has 0 aromatic carbocycles. The Morgan fingerprint density at radius 1 is 1.36 bits per heavy atom. The lowest BCUT2D eigenvalue weighted by atomic mass is 10.2. The SMILES string of the molecule is Cn1nc(CN(Cc2ccco2)C(=O)Nc2cccs2)c2c1CCC2. The predicted octanol–water partition coefficient (Wildman–Crippen LogP) is 3.80. The fraction of sp³-hybridized carbons (Fsp3) is 0.333. The number of urea groups is 1. The zero-order valence-corrected chi connectivity index (χ0v) is 14.9. The Balaban J connectivity index is 1.56. The summed E-state index contributed by atoms with van der Waals surface area (Å²) >= 11 is 1.51. The summed E-state index contributed by atoms with van der Waals surface area (Å²) in [6.45, 7) is 0.886. The van der Waals surface area contributed by atoms with E-state index in [4.69, 9.17) is 4.42 Å². The Kier molecular flexibility index (Phi) is 4.31. The molecule has 1 N–H and O–H groups in total. The summed E-state index contributed by atoms with van der Waals surface area (Å²) in [6.07, 6.45) is 4.90. The first-order chi connectivity index (χ1) is 12.2. The van der Waals surface area contributed by atoms with E-state index in [1.807, 2.05) is 41.4 Å². The summed E-state index contributed by atoms with van der Waals surface area (Å²) in [5, 5.41) is 10.4. The molecule has 3 heterocycles. The van der Waals surface area contributed by atoms with Crippen LogP contribution in [0.5, 0.6) is 0 Å². The van der Waals surface area contributed by atoms with Crippen LogP contribution in [0.25, 0.3) is 0 Å². The molecule has 25 heavy (non-hydrogen) atoms. The van der Waals surface area contributed by atoms with Crippen molar-refractivity contribution in [1.82, 2.24) is 14.7 Å². The minimum Gasteiger partial charge on any atom is -0.467 e. The van der Waals surface area contributed by atoms with Crippen molar-refractivity contribution in [3.05, 3.63) is 58.6 Å². The van der Waals surface area contributed by atoms with E-state index in [9.17, 15) is 4.79 Å². The van der Waals surface area contributed by atoms with Gasteiger partial charge in [0.1, 0.15) is 5.76 Å². The number of furan rings is 1. The van der Waals surface area contributed by atoms with Crippen molar-refractivity contribution >= 4 is 22.4 Å². The minimum absolute atomic E-state index is 0.142. The molecular weight excluding hydrogens is 336 g/mol. The Bertz CT molecular complexity index is 852. The third-order valence-electron chi connectivity index (χ3n) is 4.50. The number of nitrogens with one attached hydrogen (secondary N) is 1. The monoisotopic (exact) mass is 356 g/mol. The molecular formula is C18H20N4O2S. The molecule has 0 bridgehead atoms. The number of aryl methyl sites for hydroxylation is 1. The van der Waals surface area contributed by atoms with Crippen LogP contribution in [0.4, 0.5) is 9.80 Å². The molecule has 0 atom stereocenters. The highest BCUT2D eigenvalue weighted by atomic mass is 32.1. The molecule has 3 aromatic heterocycles. The average molecular weight is 356 g/mol. The van der Waals surface area contributed by atoms with Gasteiger partial charge < -0.3 is 9.32 Å². The second kappa shape index (κ2) is 6.76. The van der Waals surface area contributed by atoms with E-state index in [1.54, 1.807) is 11.2 Å². The number of aromatic nitrogens is 2. The van der Waals surface area contributed by atoms with Gasteiger partial charge in [0, 0.05) is 12.7 Å². The molecule has 130 valence electrons. The Labute approximate surface area is 150 Å². The molecule has 2 amide bonds. The first-order valence-corrected chi connectivity index (χ1v) is 9.24. The second-order valence-corrected chi connectivity index (χ2v) is 7.14. The molecule has 0 saturated carbocycles. The van der Waals surface area contributed by atoms with Gasteiger partial charge in [-0.25, -0.2) is 4.79 Å². The van der Waals surface area contributed by atoms with E-state index in [1.165, 1.54) is 22.6 Å². The summed E-state index contributed by atoms with van der Waals surface area (Å²) in [5.74, 6) is 0.758. The Hall–Kier alpha value is -2.54. The van der Waals surface area contributed by atoms with E-state index in [2.05, 4.69) is 10.4 Å². The molecule has 3 aromatic rings. The van der Waals surface area contributed by atoms with Gasteiger partial charge >= 0.3 is 6.03 Å². The number of fused-ring (bicyclic) bond motifs is 1. The molecule has 0 fully saturated rings. The lowest BCUT2D eigenvalue weighted by Crippen LogP contribution is -2.34. The maximum atomic E-state index is 12.8. The maximum absolute atomic E-state index is 12.8. The second-order valence-electron chi connectivity index (χ2n) is 6.19. The smallest absolute Gasteiger partial charge is 0.323 e. The van der Waals surface area contributed by atoms with Crippen molar-refractivity contribution in [3.63, 3.8) is 0 Å². The van der Waals surface area contributed by atoms with Crippen molar-refractivity contribution < 1.29 is 9.21 Å². The van der Waals surface area contributed by atoms with Gasteiger partial charge in [0.25, 0.3) is 0 Å². The summed E-state index contributed by atoms with van der Waals surface area (Å²) in [4.78, 5) is 14.5. The van der Waals surface area contributed by atoms with Gasteiger partial charge in [-0.3, -0.25) is 10.00 Å². The highest BCUT2D eigenvalue weighted by Gasteiger charge is 2.24. The van der Waals surface area contributed by atoms with E-state index in [0.29, 0.717) is 13.1 Å². The zero-order chi connectivity index (χ0) is 17.2. The van der Waals surface area contributed by atoms with Crippen LogP contribution >= 0.6 is 11.3 Å². The topological polar surface area (TPSA) is 63.3 Å². The maximum Gasteiger partial charge on any atom is 0.323 e. The third kappa shape index (κ3) is 3.32. The minimum atomic E-state index is -0.142. The van der Waals surface area contributed by atoms with Crippen LogP contribution in [0.3, 0.4) is 0 Å². The summed E-state index contributed by atoms with van der Waals surface area (Å²) in [6, 6.07) is 7.39. The van der Waals surface area contributed by atoms with Gasteiger partial charge in [0.15, 0.2) is 0 Å². The molecule has 0 spiro atoms. The lowest BCUT2D eigenvalue weighted by Gasteiger charge is -2.21. The third-order valence-corrected chi connectivity index (χ3v) is 5.29. The molecule has 1 aliphatic carbocycles. The van der Waals surface area contributed by atoms with Crippen LogP contribution in [-0.2, 0) is 33.0 Å². The summed E-state index contributed by atoms with van der Waals surface area (Å²) in [5.41, 5.74) is 3.59. The van der Waals surface area contributed by atoms with Crippen LogP contribution in [0.2, 0.25) is 0 Å². The lowest BCUT2D eigenvalue weighted by molar-refractivity contribution is 0.200. The number of thiophene rings is 1. The Morgan fingerprint density at radius 3 is 3.04 bits per heavy atom. The molecule has 6 nitrogen and oxygen atoms in total. The number of carbonyl (C=O) groups is 1. The van der Waals surface area contributed by atoms with E-state index in [-0.39, 0.29) is 6.03 Å². The highest BCUT2D eigenvalue weighted by Crippen LogP contribution is 2.26. The molecule has 0 radical (unpaired) electrons. The van der Waals surface area contributed by atoms with Gasteiger partial charge in [-0.1, -0.05) is 0 Å². The molecule has 0 unspecified atom stereocenters. The normalized spacial score (nSPS) is 13.0. The van der Waals surface area contributed by atoms with Gasteiger partial charge in [-0.05, 0) is 54.5 Å². The molecule has 0 saturated heterocycles. The van der Waals surface area contributed by atoms with Crippen molar-refractivity contribution in [1.29, 1.82) is 0 Å². The van der Waals surface area contributed by atoms with E-state index >= 15 is 0 Å². The van der Waals surface area contributed by atoms with Crippen LogP contribution in [0.15, 0.2) is 40.3 Å². The van der Waals surface area contributed by atoms with E-state index < -0.39 is 0 Å². The highest BCUT2D eigenvalue weighted by molar-refractivity contribution is 7.14. The standard InChI is InChI=1S/C18H20N4O2S/c1-21-16-7-2-6-14(16)15(20-21)12-22(11-13-5-3-9-24-13)18(23)19-17-8-4-10-25-17/h3-5,8-10H,2,6-7,11-12H2,1H3,(H,19,23).